The zero-order chi connectivity index (χ0) is 22.1. The van der Waals surface area contributed by atoms with Gasteiger partial charge >= 0.3 is 0 Å². The normalized spacial score (nSPS) is 21.5. The molecule has 2 aromatic rings. The van der Waals surface area contributed by atoms with Crippen LogP contribution in [-0.4, -0.2) is 71.4 Å². The lowest BCUT2D eigenvalue weighted by Crippen LogP contribution is -2.41. The summed E-state index contributed by atoms with van der Waals surface area (Å²) in [5.41, 5.74) is 4.17. The van der Waals surface area contributed by atoms with Gasteiger partial charge in [-0.25, -0.2) is 0 Å². The summed E-state index contributed by atoms with van der Waals surface area (Å²) >= 11 is 1.82. The molecule has 0 saturated carbocycles. The zero-order valence-electron chi connectivity index (χ0n) is 19.3. The van der Waals surface area contributed by atoms with Crippen LogP contribution >= 0.6 is 11.8 Å². The highest BCUT2D eigenvalue weighted by atomic mass is 32.2. The molecule has 0 radical (unpaired) electrons. The van der Waals surface area contributed by atoms with Gasteiger partial charge < -0.3 is 14.5 Å². The fourth-order valence-corrected chi connectivity index (χ4v) is 6.12. The highest BCUT2D eigenvalue weighted by Crippen LogP contribution is 2.44. The maximum absolute atomic E-state index is 13.5. The van der Waals surface area contributed by atoms with Crippen LogP contribution in [0.1, 0.15) is 55.2 Å². The number of hydrogen-bond acceptors (Lipinski definition) is 5. The van der Waals surface area contributed by atoms with E-state index in [-0.39, 0.29) is 5.91 Å². The zero-order valence-corrected chi connectivity index (χ0v) is 20.1. The number of morpholine rings is 1. The van der Waals surface area contributed by atoms with Crippen molar-refractivity contribution in [1.29, 1.82) is 0 Å². The monoisotopic (exact) mass is 454 g/mol. The van der Waals surface area contributed by atoms with Gasteiger partial charge in [-0.2, -0.15) is 5.10 Å². The number of benzene rings is 1. The lowest BCUT2D eigenvalue weighted by atomic mass is 10.0. The second kappa shape index (κ2) is 9.57. The number of nitrogens with zero attached hydrogens (tertiary/aromatic N) is 4. The van der Waals surface area contributed by atoms with Crippen LogP contribution in [0.15, 0.2) is 29.2 Å². The van der Waals surface area contributed by atoms with Gasteiger partial charge in [-0.05, 0) is 44.3 Å². The number of ether oxygens (including phenoxy) is 1. The van der Waals surface area contributed by atoms with E-state index < -0.39 is 0 Å². The van der Waals surface area contributed by atoms with Crippen molar-refractivity contribution in [2.75, 3.05) is 45.9 Å². The minimum Gasteiger partial charge on any atom is -0.378 e. The van der Waals surface area contributed by atoms with Crippen LogP contribution in [-0.2, 0) is 10.5 Å². The molecule has 1 amide bonds. The van der Waals surface area contributed by atoms with Gasteiger partial charge in [0, 0.05) is 41.4 Å². The Kier molecular flexibility index (Phi) is 6.58. The van der Waals surface area contributed by atoms with E-state index in [1.54, 1.807) is 0 Å². The molecule has 7 heteroatoms. The molecule has 6 nitrogen and oxygen atoms in total. The molecule has 0 aliphatic carbocycles. The van der Waals surface area contributed by atoms with Gasteiger partial charge in [0.05, 0.1) is 24.9 Å². The SMILES string of the molecule is CC(C)CCN1CCCC(n2nc(C(=O)N3CCOCC3)c3c2-c2ccccc2SC3)C1. The number of aromatic nitrogens is 2. The summed E-state index contributed by atoms with van der Waals surface area (Å²) in [6, 6.07) is 8.91. The average molecular weight is 455 g/mol. The van der Waals surface area contributed by atoms with Crippen LogP contribution in [0.3, 0.4) is 0 Å². The van der Waals surface area contributed by atoms with Gasteiger partial charge in [-0.3, -0.25) is 9.48 Å². The summed E-state index contributed by atoms with van der Waals surface area (Å²) in [7, 11) is 0. The van der Waals surface area contributed by atoms with Crippen molar-refractivity contribution in [3.63, 3.8) is 0 Å². The lowest BCUT2D eigenvalue weighted by Gasteiger charge is -2.34. The Morgan fingerprint density at radius 1 is 1.22 bits per heavy atom. The predicted molar refractivity (Wildman–Crippen MR) is 128 cm³/mol. The van der Waals surface area contributed by atoms with Gasteiger partial charge in [0.25, 0.3) is 5.91 Å². The number of fused-ring (bicyclic) bond motifs is 3. The van der Waals surface area contributed by atoms with Crippen LogP contribution in [0.5, 0.6) is 0 Å². The van der Waals surface area contributed by atoms with E-state index in [4.69, 9.17) is 9.84 Å². The number of rotatable bonds is 5. The van der Waals surface area contributed by atoms with Crippen molar-refractivity contribution >= 4 is 17.7 Å². The van der Waals surface area contributed by atoms with Gasteiger partial charge in [0.2, 0.25) is 0 Å². The summed E-state index contributed by atoms with van der Waals surface area (Å²) in [5, 5.41) is 5.06. The third-order valence-corrected chi connectivity index (χ3v) is 7.97. The molecule has 4 heterocycles. The maximum atomic E-state index is 13.5. The second-order valence-electron chi connectivity index (χ2n) is 9.59. The van der Waals surface area contributed by atoms with E-state index in [9.17, 15) is 4.79 Å². The first-order valence-electron chi connectivity index (χ1n) is 12.0. The van der Waals surface area contributed by atoms with Crippen LogP contribution in [0.4, 0.5) is 0 Å². The topological polar surface area (TPSA) is 50.6 Å². The highest BCUT2D eigenvalue weighted by Gasteiger charge is 2.34. The van der Waals surface area contributed by atoms with Gasteiger partial charge in [0.15, 0.2) is 5.69 Å². The largest absolute Gasteiger partial charge is 0.378 e. The summed E-state index contributed by atoms with van der Waals surface area (Å²) in [6.45, 7) is 10.4. The van der Waals surface area contributed by atoms with Crippen molar-refractivity contribution in [1.82, 2.24) is 19.6 Å². The van der Waals surface area contributed by atoms with Gasteiger partial charge in [-0.15, -0.1) is 11.8 Å². The molecule has 0 N–H and O–H groups in total. The minimum absolute atomic E-state index is 0.0655. The van der Waals surface area contributed by atoms with Crippen molar-refractivity contribution < 1.29 is 9.53 Å². The van der Waals surface area contributed by atoms with E-state index in [0.717, 1.165) is 36.7 Å². The molecule has 1 aromatic heterocycles. The molecule has 0 spiro atoms. The minimum atomic E-state index is 0.0655. The van der Waals surface area contributed by atoms with E-state index >= 15 is 0 Å². The van der Waals surface area contributed by atoms with Crippen molar-refractivity contribution in [2.45, 2.75) is 49.8 Å². The number of carbonyl (C=O) groups excluding carboxylic acids is 1. The van der Waals surface area contributed by atoms with E-state index in [1.807, 2.05) is 16.7 Å². The fourth-order valence-electron chi connectivity index (χ4n) is 5.06. The number of amides is 1. The van der Waals surface area contributed by atoms with Gasteiger partial charge in [-0.1, -0.05) is 32.0 Å². The highest BCUT2D eigenvalue weighted by molar-refractivity contribution is 7.98. The molecule has 0 bridgehead atoms. The molecule has 5 rings (SSSR count). The fraction of sp³-hybridized carbons (Fsp3) is 0.600. The van der Waals surface area contributed by atoms with E-state index in [1.165, 1.54) is 35.5 Å². The Morgan fingerprint density at radius 3 is 2.84 bits per heavy atom. The molecule has 2 fully saturated rings. The number of likely N-dealkylation sites (tertiary alicyclic amines) is 1. The molecule has 172 valence electrons. The Balaban J connectivity index is 1.51. The van der Waals surface area contributed by atoms with Crippen LogP contribution in [0.25, 0.3) is 11.3 Å². The molecule has 1 unspecified atom stereocenters. The van der Waals surface area contributed by atoms with Crippen molar-refractivity contribution in [2.24, 2.45) is 5.92 Å². The molecule has 2 saturated heterocycles. The molecule has 32 heavy (non-hydrogen) atoms. The summed E-state index contributed by atoms with van der Waals surface area (Å²) in [6.07, 6.45) is 3.53. The van der Waals surface area contributed by atoms with Crippen LogP contribution in [0, 0.1) is 5.92 Å². The molecular weight excluding hydrogens is 420 g/mol. The average Bonchev–Trinajstić information content (AvgIpc) is 3.23. The summed E-state index contributed by atoms with van der Waals surface area (Å²) in [5.74, 6) is 1.59. The number of hydrogen-bond donors (Lipinski definition) is 0. The molecular formula is C25H34N4O2S. The Bertz CT molecular complexity index is 967. The molecule has 3 aliphatic rings. The lowest BCUT2D eigenvalue weighted by molar-refractivity contribution is 0.0297. The van der Waals surface area contributed by atoms with E-state index in [2.05, 4.69) is 47.7 Å². The Hall–Kier alpha value is -1.83. The van der Waals surface area contributed by atoms with Crippen molar-refractivity contribution in [3.05, 3.63) is 35.5 Å². The first-order valence-corrected chi connectivity index (χ1v) is 13.0. The third-order valence-electron chi connectivity index (χ3n) is 6.87. The van der Waals surface area contributed by atoms with Crippen molar-refractivity contribution in [3.8, 4) is 11.3 Å². The molecule has 1 aromatic carbocycles. The quantitative estimate of drug-likeness (QED) is 0.674. The second-order valence-corrected chi connectivity index (χ2v) is 10.6. The predicted octanol–water partition coefficient (Wildman–Crippen LogP) is 4.31. The standard InChI is InChI=1S/C25H34N4O2S/c1-18(2)9-11-27-10-5-6-19(16-27)29-24-20-7-3-4-8-22(20)32-17-21(24)23(26-29)25(30)28-12-14-31-15-13-28/h3-4,7-8,18-19H,5-6,9-17H2,1-2H3. The molecule has 3 aliphatic heterocycles. The van der Waals surface area contributed by atoms with Crippen LogP contribution < -0.4 is 0 Å². The number of piperidine rings is 1. The van der Waals surface area contributed by atoms with Crippen LogP contribution in [0.2, 0.25) is 0 Å². The Labute approximate surface area is 195 Å². The van der Waals surface area contributed by atoms with E-state index in [0.29, 0.717) is 38.0 Å². The third kappa shape index (κ3) is 4.35. The first-order chi connectivity index (χ1) is 15.6. The smallest absolute Gasteiger partial charge is 0.274 e. The maximum Gasteiger partial charge on any atom is 0.274 e. The number of carbonyl (C=O) groups is 1. The molecule has 1 atom stereocenters. The summed E-state index contributed by atoms with van der Waals surface area (Å²) < 4.78 is 7.69. The number of thioether (sulfide) groups is 1. The Morgan fingerprint density at radius 2 is 2.03 bits per heavy atom. The van der Waals surface area contributed by atoms with Gasteiger partial charge in [0.1, 0.15) is 0 Å². The summed E-state index contributed by atoms with van der Waals surface area (Å²) in [4.78, 5) is 19.3. The first kappa shape index (κ1) is 22.0.